The van der Waals surface area contributed by atoms with Crippen LogP contribution in [0.2, 0.25) is 0 Å². The third kappa shape index (κ3) is 11.2. The molecule has 14 heavy (non-hydrogen) atoms. The normalized spacial score (nSPS) is 10.9. The Balaban J connectivity index is 0. The van der Waals surface area contributed by atoms with E-state index in [9.17, 15) is 28.0 Å². The Kier molecular flexibility index (Phi) is 11.7. The quantitative estimate of drug-likeness (QED) is 0.422. The zero-order valence-electron chi connectivity index (χ0n) is 5.89. The van der Waals surface area contributed by atoms with Gasteiger partial charge in [0.1, 0.15) is 0 Å². The van der Waals surface area contributed by atoms with Crippen molar-refractivity contribution in [1.82, 2.24) is 0 Å². The van der Waals surface area contributed by atoms with E-state index in [1.807, 2.05) is 0 Å². The molecule has 2 N–H and O–H groups in total. The van der Waals surface area contributed by atoms with Crippen molar-refractivity contribution in [3.8, 4) is 0 Å². The molecule has 0 aliphatic rings. The Morgan fingerprint density at radius 3 is 1.00 bits per heavy atom. The van der Waals surface area contributed by atoms with Crippen LogP contribution in [0.15, 0.2) is 0 Å². The Labute approximate surface area is 92.4 Å². The number of rotatable bonds is 6. The first kappa shape index (κ1) is 17.5. The zero-order valence-corrected chi connectivity index (χ0v) is 10.6. The Hall–Kier alpha value is 1.11. The summed E-state index contributed by atoms with van der Waals surface area (Å²) < 4.78 is 69.8. The monoisotopic (exact) mass is 336 g/mol. The Bertz CT molecular complexity index is 103. The maximum atomic E-state index is 9.79. The SMILES string of the molecule is O.[O-][Cl+2]([O-])[O][Ga]([O][Cl+2]([O-])[O-])[O][Cl+2]([O-])[O-]. The molecule has 0 aromatic carbocycles. The molecular weight excluding hydrogens is 336 g/mol. The molecule has 0 aromatic rings. The zero-order chi connectivity index (χ0) is 10.4. The summed E-state index contributed by atoms with van der Waals surface area (Å²) in [6, 6.07) is 0. The predicted molar refractivity (Wildman–Crippen MR) is 12.6 cm³/mol. The van der Waals surface area contributed by atoms with Gasteiger partial charge in [-0.15, -0.1) is 0 Å². The fourth-order valence-corrected chi connectivity index (χ4v) is 4.71. The van der Waals surface area contributed by atoms with Gasteiger partial charge in [-0.25, -0.2) is 0 Å². The van der Waals surface area contributed by atoms with Crippen molar-refractivity contribution in [2.45, 2.75) is 0 Å². The molecule has 0 bridgehead atoms. The molecule has 0 radical (unpaired) electrons. The van der Waals surface area contributed by atoms with E-state index < -0.39 is 49.7 Å². The van der Waals surface area contributed by atoms with Gasteiger partial charge in [-0.1, -0.05) is 0 Å². The van der Waals surface area contributed by atoms with Gasteiger partial charge in [-0.3, -0.25) is 0 Å². The Morgan fingerprint density at radius 1 is 0.643 bits per heavy atom. The second-order valence-corrected chi connectivity index (χ2v) is 7.37. The standard InChI is InChI=1S/3ClO3.Ga.H2O/c3*2-1(3)4;;/h;;;;1H2/q3*-1;+3;. The third-order valence-electron chi connectivity index (χ3n) is 0.436. The summed E-state index contributed by atoms with van der Waals surface area (Å²) in [5.41, 5.74) is 0. The first-order chi connectivity index (χ1) is 5.91. The van der Waals surface area contributed by atoms with Crippen LogP contribution in [0, 0.1) is 32.4 Å². The van der Waals surface area contributed by atoms with Crippen molar-refractivity contribution < 1.29 is 75.0 Å². The van der Waals surface area contributed by atoms with E-state index in [2.05, 4.69) is 9.25 Å². The second kappa shape index (κ2) is 9.34. The van der Waals surface area contributed by atoms with Gasteiger partial charge >= 0.3 is 86.9 Å². The van der Waals surface area contributed by atoms with Crippen molar-refractivity contribution in [1.29, 1.82) is 0 Å². The molecule has 0 aromatic heterocycles. The fourth-order valence-electron chi connectivity index (χ4n) is 0.219. The van der Waals surface area contributed by atoms with E-state index in [0.717, 1.165) is 0 Å². The van der Waals surface area contributed by atoms with Crippen LogP contribution < -0.4 is 28.0 Å². The van der Waals surface area contributed by atoms with E-state index >= 15 is 0 Å². The molecule has 0 saturated carbocycles. The van der Waals surface area contributed by atoms with Crippen molar-refractivity contribution in [2.24, 2.45) is 0 Å². The maximum absolute atomic E-state index is 9.79. The summed E-state index contributed by atoms with van der Waals surface area (Å²) in [6.45, 7) is 0. The third-order valence-corrected chi connectivity index (χ3v) is 6.80. The van der Waals surface area contributed by atoms with Gasteiger partial charge < -0.3 is 5.48 Å². The van der Waals surface area contributed by atoms with E-state index in [-0.39, 0.29) is 5.48 Å². The number of hydrogen-bond donors (Lipinski definition) is 0. The molecule has 0 rings (SSSR count). The van der Waals surface area contributed by atoms with Crippen LogP contribution in [-0.2, 0) is 9.25 Å². The van der Waals surface area contributed by atoms with Gasteiger partial charge in [-0.05, 0) is 0 Å². The first-order valence-corrected chi connectivity index (χ1v) is 7.84. The van der Waals surface area contributed by atoms with Crippen LogP contribution in [0.4, 0.5) is 0 Å². The van der Waals surface area contributed by atoms with Gasteiger partial charge in [-0.2, -0.15) is 0 Å². The summed E-state index contributed by atoms with van der Waals surface area (Å²) >= 11 is -4.27. The van der Waals surface area contributed by atoms with Crippen LogP contribution in [0.1, 0.15) is 0 Å². The fraction of sp³-hybridized carbons (Fsp3) is 0. The first-order valence-electron chi connectivity index (χ1n) is 2.10. The van der Waals surface area contributed by atoms with E-state index in [1.54, 1.807) is 0 Å². The molecule has 0 heterocycles. The van der Waals surface area contributed by atoms with Crippen LogP contribution >= 0.6 is 0 Å². The van der Waals surface area contributed by atoms with Gasteiger partial charge in [0.25, 0.3) is 0 Å². The van der Waals surface area contributed by atoms with Gasteiger partial charge in [0.15, 0.2) is 0 Å². The summed E-state index contributed by atoms with van der Waals surface area (Å²) in [5.74, 6) is 0. The van der Waals surface area contributed by atoms with Gasteiger partial charge in [0, 0.05) is 0 Å². The van der Waals surface area contributed by atoms with Crippen molar-refractivity contribution >= 4 is 17.3 Å². The molecule has 0 spiro atoms. The van der Waals surface area contributed by atoms with Crippen LogP contribution in [0.25, 0.3) is 0 Å². The average molecular weight is 338 g/mol. The van der Waals surface area contributed by atoms with Crippen molar-refractivity contribution in [3.05, 3.63) is 0 Å². The van der Waals surface area contributed by atoms with Crippen LogP contribution in [0.3, 0.4) is 0 Å². The molecule has 0 amide bonds. The van der Waals surface area contributed by atoms with E-state index in [0.29, 0.717) is 0 Å². The second-order valence-electron chi connectivity index (χ2n) is 1.12. The molecule has 86 valence electrons. The summed E-state index contributed by atoms with van der Waals surface area (Å²) in [5, 5.41) is 0. The number of hydrogen-bond acceptors (Lipinski definition) is 9. The van der Waals surface area contributed by atoms with Crippen LogP contribution in [-0.4, -0.2) is 22.8 Å². The number of halogens is 3. The predicted octanol–water partition coefficient (Wildman–Crippen LogP) is -8.54. The average Bonchev–Trinajstić information content (AvgIpc) is 1.80. The molecule has 14 heteroatoms. The molecule has 0 fully saturated rings. The minimum absolute atomic E-state index is 0. The van der Waals surface area contributed by atoms with Gasteiger partial charge in [0.05, 0.1) is 0 Å². The topological polar surface area (TPSA) is 198 Å². The van der Waals surface area contributed by atoms with Crippen LogP contribution in [0.5, 0.6) is 0 Å². The molecule has 0 aliphatic carbocycles. The summed E-state index contributed by atoms with van der Waals surface area (Å²) in [4.78, 5) is 0. The minimum atomic E-state index is -4.27. The van der Waals surface area contributed by atoms with E-state index in [4.69, 9.17) is 0 Å². The molecule has 10 nitrogen and oxygen atoms in total. The Morgan fingerprint density at radius 2 is 0.857 bits per heavy atom. The molecular formula is H2Cl3GaO10. The van der Waals surface area contributed by atoms with Crippen molar-refractivity contribution in [3.63, 3.8) is 0 Å². The molecule has 0 unspecified atom stereocenters. The molecule has 0 atom stereocenters. The molecule has 0 saturated heterocycles. The summed E-state index contributed by atoms with van der Waals surface area (Å²) in [7, 11) is -8.34. The van der Waals surface area contributed by atoms with Gasteiger partial charge in [0.2, 0.25) is 0 Å². The molecule has 0 aliphatic heterocycles. The summed E-state index contributed by atoms with van der Waals surface area (Å²) in [6.07, 6.45) is 0. The van der Waals surface area contributed by atoms with E-state index in [1.165, 1.54) is 0 Å². The van der Waals surface area contributed by atoms with Crippen molar-refractivity contribution in [2.75, 3.05) is 0 Å².